The van der Waals surface area contributed by atoms with E-state index in [-0.39, 0.29) is 11.5 Å². The number of aliphatic hydroxyl groups is 1. The Morgan fingerprint density at radius 3 is 2.57 bits per heavy atom. The first-order valence-corrected chi connectivity index (χ1v) is 9.26. The number of nitrogens with zero attached hydrogens (tertiary/aromatic N) is 2. The number of benzene rings is 1. The van der Waals surface area contributed by atoms with Crippen LogP contribution in [0.1, 0.15) is 18.4 Å². The van der Waals surface area contributed by atoms with Gasteiger partial charge in [-0.1, -0.05) is 6.07 Å². The molecule has 0 bridgehead atoms. The molecule has 1 N–H and O–H groups in total. The standard InChI is InChI=1S/C14H21BrN2O3S/c1-16(8-9-17-6-2-3-7-17)21(19,20)14-5-4-12(11-18)10-13(14)15/h4-5,10,18H,2-3,6-9,11H2,1H3. The molecule has 0 amide bonds. The number of rotatable bonds is 6. The maximum absolute atomic E-state index is 12.6. The number of likely N-dealkylation sites (tertiary alicyclic amines) is 1. The summed E-state index contributed by atoms with van der Waals surface area (Å²) >= 11 is 3.28. The Bertz CT molecular complexity index is 586. The molecule has 2 rings (SSSR count). The number of aliphatic hydroxyl groups excluding tert-OH is 1. The number of hydrogen-bond donors (Lipinski definition) is 1. The molecule has 0 aromatic heterocycles. The van der Waals surface area contributed by atoms with Gasteiger partial charge >= 0.3 is 0 Å². The zero-order valence-corrected chi connectivity index (χ0v) is 14.5. The van der Waals surface area contributed by atoms with Crippen molar-refractivity contribution in [2.24, 2.45) is 0 Å². The predicted molar refractivity (Wildman–Crippen MR) is 85.6 cm³/mol. The molecule has 1 aromatic rings. The van der Waals surface area contributed by atoms with Crippen LogP contribution in [0.3, 0.4) is 0 Å². The Morgan fingerprint density at radius 2 is 2.00 bits per heavy atom. The molecule has 1 aliphatic heterocycles. The SMILES string of the molecule is CN(CCN1CCCC1)S(=O)(=O)c1ccc(CO)cc1Br. The van der Waals surface area contributed by atoms with E-state index in [0.29, 0.717) is 16.6 Å². The van der Waals surface area contributed by atoms with Gasteiger partial charge in [-0.05, 0) is 59.6 Å². The average molecular weight is 377 g/mol. The summed E-state index contributed by atoms with van der Waals surface area (Å²) in [5, 5.41) is 9.08. The van der Waals surface area contributed by atoms with Gasteiger partial charge in [0.1, 0.15) is 0 Å². The molecule has 5 nitrogen and oxygen atoms in total. The molecule has 1 saturated heterocycles. The van der Waals surface area contributed by atoms with Crippen LogP contribution in [0.25, 0.3) is 0 Å². The van der Waals surface area contributed by atoms with Crippen LogP contribution in [0.5, 0.6) is 0 Å². The molecule has 0 aliphatic carbocycles. The first-order chi connectivity index (χ1) is 9.95. The molecule has 0 spiro atoms. The zero-order valence-electron chi connectivity index (χ0n) is 12.1. The van der Waals surface area contributed by atoms with Crippen molar-refractivity contribution in [1.82, 2.24) is 9.21 Å². The minimum Gasteiger partial charge on any atom is -0.392 e. The van der Waals surface area contributed by atoms with E-state index in [0.717, 1.165) is 19.6 Å². The number of sulfonamides is 1. The minimum absolute atomic E-state index is 0.107. The van der Waals surface area contributed by atoms with Crippen molar-refractivity contribution in [2.75, 3.05) is 33.2 Å². The third-order valence-corrected chi connectivity index (χ3v) is 6.63. The Morgan fingerprint density at radius 1 is 1.33 bits per heavy atom. The van der Waals surface area contributed by atoms with E-state index in [1.807, 2.05) is 0 Å². The lowest BCUT2D eigenvalue weighted by molar-refractivity contribution is 0.281. The lowest BCUT2D eigenvalue weighted by atomic mass is 10.2. The van der Waals surface area contributed by atoms with Crippen LogP contribution >= 0.6 is 15.9 Å². The van der Waals surface area contributed by atoms with E-state index >= 15 is 0 Å². The van der Waals surface area contributed by atoms with Crippen LogP contribution in [-0.4, -0.2) is 56.0 Å². The van der Waals surface area contributed by atoms with Gasteiger partial charge in [0.15, 0.2) is 0 Å². The second kappa shape index (κ2) is 7.19. The molecule has 0 radical (unpaired) electrons. The first kappa shape index (κ1) is 16.9. The molecule has 0 atom stereocenters. The van der Waals surface area contributed by atoms with Crippen molar-refractivity contribution in [3.8, 4) is 0 Å². The van der Waals surface area contributed by atoms with Crippen LogP contribution in [0, 0.1) is 0 Å². The Balaban J connectivity index is 2.09. The van der Waals surface area contributed by atoms with E-state index in [9.17, 15) is 8.42 Å². The summed E-state index contributed by atoms with van der Waals surface area (Å²) in [6.45, 7) is 3.26. The predicted octanol–water partition coefficient (Wildman–Crippen LogP) is 1.66. The Labute approximate surface area is 134 Å². The van der Waals surface area contributed by atoms with Crippen LogP contribution in [0.15, 0.2) is 27.6 Å². The van der Waals surface area contributed by atoms with Crippen molar-refractivity contribution in [3.63, 3.8) is 0 Å². The summed E-state index contributed by atoms with van der Waals surface area (Å²) in [6.07, 6.45) is 2.40. The highest BCUT2D eigenvalue weighted by Crippen LogP contribution is 2.25. The van der Waals surface area contributed by atoms with Gasteiger partial charge in [0.25, 0.3) is 0 Å². The van der Waals surface area contributed by atoms with Gasteiger partial charge in [-0.25, -0.2) is 8.42 Å². The summed E-state index contributed by atoms with van der Waals surface area (Å²) in [5.74, 6) is 0. The van der Waals surface area contributed by atoms with E-state index in [1.165, 1.54) is 23.2 Å². The second-order valence-electron chi connectivity index (χ2n) is 5.30. The quantitative estimate of drug-likeness (QED) is 0.819. The van der Waals surface area contributed by atoms with Crippen LogP contribution in [0.4, 0.5) is 0 Å². The summed E-state index contributed by atoms with van der Waals surface area (Å²) in [5.41, 5.74) is 0.681. The van der Waals surface area contributed by atoms with Crippen molar-refractivity contribution < 1.29 is 13.5 Å². The Hall–Kier alpha value is -0.470. The number of halogens is 1. The fraction of sp³-hybridized carbons (Fsp3) is 0.571. The molecule has 1 aliphatic rings. The highest BCUT2D eigenvalue weighted by Gasteiger charge is 2.24. The summed E-state index contributed by atoms with van der Waals surface area (Å²) in [4.78, 5) is 2.53. The Kier molecular flexibility index (Phi) is 5.79. The lowest BCUT2D eigenvalue weighted by Gasteiger charge is -2.21. The average Bonchev–Trinajstić information content (AvgIpc) is 2.97. The normalized spacial score (nSPS) is 16.8. The van der Waals surface area contributed by atoms with Crippen molar-refractivity contribution in [2.45, 2.75) is 24.3 Å². The van der Waals surface area contributed by atoms with E-state index in [4.69, 9.17) is 5.11 Å². The van der Waals surface area contributed by atoms with Crippen molar-refractivity contribution in [1.29, 1.82) is 0 Å². The van der Waals surface area contributed by atoms with E-state index < -0.39 is 10.0 Å². The minimum atomic E-state index is -3.51. The van der Waals surface area contributed by atoms with Gasteiger partial charge in [0, 0.05) is 24.6 Å². The summed E-state index contributed by atoms with van der Waals surface area (Å²) in [6, 6.07) is 4.81. The first-order valence-electron chi connectivity index (χ1n) is 7.03. The fourth-order valence-electron chi connectivity index (χ4n) is 2.43. The van der Waals surface area contributed by atoms with Crippen LogP contribution in [-0.2, 0) is 16.6 Å². The van der Waals surface area contributed by atoms with Gasteiger partial charge in [-0.3, -0.25) is 0 Å². The molecule has 7 heteroatoms. The van der Waals surface area contributed by atoms with Gasteiger partial charge < -0.3 is 10.0 Å². The molecule has 0 saturated carbocycles. The second-order valence-corrected chi connectivity index (χ2v) is 8.17. The summed E-state index contributed by atoms with van der Waals surface area (Å²) < 4.78 is 27.0. The van der Waals surface area contributed by atoms with E-state index in [2.05, 4.69) is 20.8 Å². The van der Waals surface area contributed by atoms with Gasteiger partial charge in [0.2, 0.25) is 10.0 Å². The largest absolute Gasteiger partial charge is 0.392 e. The van der Waals surface area contributed by atoms with E-state index in [1.54, 1.807) is 19.2 Å². The van der Waals surface area contributed by atoms with Gasteiger partial charge in [0.05, 0.1) is 11.5 Å². The van der Waals surface area contributed by atoms with Crippen LogP contribution < -0.4 is 0 Å². The topological polar surface area (TPSA) is 60.9 Å². The monoisotopic (exact) mass is 376 g/mol. The molecule has 0 unspecified atom stereocenters. The summed E-state index contributed by atoms with van der Waals surface area (Å²) in [7, 11) is -1.90. The molecule has 21 heavy (non-hydrogen) atoms. The van der Waals surface area contributed by atoms with Crippen LogP contribution in [0.2, 0.25) is 0 Å². The fourth-order valence-corrected chi connectivity index (χ4v) is 4.67. The lowest BCUT2D eigenvalue weighted by Crippen LogP contribution is -2.35. The van der Waals surface area contributed by atoms with Crippen molar-refractivity contribution in [3.05, 3.63) is 28.2 Å². The maximum Gasteiger partial charge on any atom is 0.243 e. The molecular weight excluding hydrogens is 356 g/mol. The molecule has 1 fully saturated rings. The third kappa shape index (κ3) is 4.04. The number of likely N-dealkylation sites (N-methyl/N-ethyl adjacent to an activating group) is 1. The van der Waals surface area contributed by atoms with Gasteiger partial charge in [-0.15, -0.1) is 0 Å². The molecular formula is C14H21BrN2O3S. The molecule has 118 valence electrons. The number of hydrogen-bond acceptors (Lipinski definition) is 4. The highest BCUT2D eigenvalue weighted by atomic mass is 79.9. The highest BCUT2D eigenvalue weighted by molar-refractivity contribution is 9.10. The van der Waals surface area contributed by atoms with Crippen molar-refractivity contribution >= 4 is 26.0 Å². The zero-order chi connectivity index (χ0) is 15.5. The molecule has 1 aromatic carbocycles. The molecule has 1 heterocycles. The maximum atomic E-state index is 12.6. The van der Waals surface area contributed by atoms with Gasteiger partial charge in [-0.2, -0.15) is 4.31 Å². The smallest absolute Gasteiger partial charge is 0.243 e. The third-order valence-electron chi connectivity index (χ3n) is 3.80.